The van der Waals surface area contributed by atoms with Crippen LogP contribution in [0.5, 0.6) is 0 Å². The van der Waals surface area contributed by atoms with E-state index in [9.17, 15) is 5.26 Å². The van der Waals surface area contributed by atoms with Crippen molar-refractivity contribution in [1.29, 1.82) is 5.26 Å². The highest BCUT2D eigenvalue weighted by Crippen LogP contribution is 2.59. The molecular formula is C18H24N4. The van der Waals surface area contributed by atoms with Crippen molar-refractivity contribution < 1.29 is 0 Å². The zero-order chi connectivity index (χ0) is 15.3. The molecule has 0 saturated heterocycles. The van der Waals surface area contributed by atoms with Crippen LogP contribution in [0.25, 0.3) is 0 Å². The lowest BCUT2D eigenvalue weighted by Crippen LogP contribution is -2.49. The van der Waals surface area contributed by atoms with Crippen molar-refractivity contribution in [3.05, 3.63) is 16.8 Å². The van der Waals surface area contributed by atoms with E-state index in [-0.39, 0.29) is 0 Å². The lowest BCUT2D eigenvalue weighted by atomic mass is 9.49. The topological polar surface area (TPSA) is 61.6 Å². The van der Waals surface area contributed by atoms with Gasteiger partial charge in [-0.05, 0) is 81.1 Å². The molecule has 5 rings (SSSR count). The largest absolute Gasteiger partial charge is 0.367 e. The molecule has 1 heterocycles. The molecule has 4 bridgehead atoms. The molecule has 116 valence electrons. The smallest absolute Gasteiger partial charge is 0.166 e. The molecule has 0 unspecified atom stereocenters. The van der Waals surface area contributed by atoms with Gasteiger partial charge in [0.15, 0.2) is 5.82 Å². The van der Waals surface area contributed by atoms with Crippen molar-refractivity contribution in [1.82, 2.24) is 10.2 Å². The van der Waals surface area contributed by atoms with E-state index in [1.807, 2.05) is 13.8 Å². The van der Waals surface area contributed by atoms with Crippen molar-refractivity contribution in [2.45, 2.75) is 52.4 Å². The van der Waals surface area contributed by atoms with Gasteiger partial charge >= 0.3 is 0 Å². The Labute approximate surface area is 132 Å². The van der Waals surface area contributed by atoms with Crippen LogP contribution < -0.4 is 5.32 Å². The Bertz CT molecular complexity index is 608. The third-order valence-electron chi connectivity index (χ3n) is 6.36. The van der Waals surface area contributed by atoms with Gasteiger partial charge in [-0.15, -0.1) is 5.10 Å². The number of aryl methyl sites for hydroxylation is 1. The van der Waals surface area contributed by atoms with E-state index in [1.165, 1.54) is 38.5 Å². The number of rotatable bonds is 3. The summed E-state index contributed by atoms with van der Waals surface area (Å²) in [7, 11) is 0. The van der Waals surface area contributed by atoms with Gasteiger partial charge in [0.1, 0.15) is 11.6 Å². The molecule has 4 heteroatoms. The molecule has 0 atom stereocenters. The molecule has 0 amide bonds. The first-order valence-electron chi connectivity index (χ1n) is 8.56. The van der Waals surface area contributed by atoms with Crippen molar-refractivity contribution in [3.8, 4) is 6.07 Å². The summed E-state index contributed by atoms with van der Waals surface area (Å²) in [5.41, 5.74) is 2.90. The van der Waals surface area contributed by atoms with Crippen LogP contribution in [0.15, 0.2) is 0 Å². The van der Waals surface area contributed by atoms with Crippen LogP contribution in [0.1, 0.15) is 55.3 Å². The highest BCUT2D eigenvalue weighted by molar-refractivity contribution is 5.55. The standard InChI is InChI=1S/C18H24N4/c1-11-12(2)21-22-17(16(11)9-19)20-10-18-6-13-3-14(7-18)5-15(4-13)8-18/h13-15H,3-8,10H2,1-2H3,(H,20,22). The summed E-state index contributed by atoms with van der Waals surface area (Å²) in [5, 5.41) is 21.4. The van der Waals surface area contributed by atoms with Gasteiger partial charge in [0.2, 0.25) is 0 Å². The second-order valence-corrected chi connectivity index (χ2v) is 8.02. The average molecular weight is 296 g/mol. The van der Waals surface area contributed by atoms with Crippen molar-refractivity contribution in [2.75, 3.05) is 11.9 Å². The fourth-order valence-electron chi connectivity index (χ4n) is 5.65. The molecule has 0 radical (unpaired) electrons. The van der Waals surface area contributed by atoms with E-state index in [4.69, 9.17) is 0 Å². The molecule has 1 aromatic rings. The summed E-state index contributed by atoms with van der Waals surface area (Å²) < 4.78 is 0. The summed E-state index contributed by atoms with van der Waals surface area (Å²) in [6.45, 7) is 4.83. The average Bonchev–Trinajstić information content (AvgIpc) is 2.47. The predicted octanol–water partition coefficient (Wildman–Crippen LogP) is 3.59. The highest BCUT2D eigenvalue weighted by Gasteiger charge is 2.50. The Morgan fingerprint density at radius 2 is 1.68 bits per heavy atom. The molecular weight excluding hydrogens is 272 g/mol. The van der Waals surface area contributed by atoms with E-state index >= 15 is 0 Å². The summed E-state index contributed by atoms with van der Waals surface area (Å²) in [6.07, 6.45) is 8.49. The Kier molecular flexibility index (Phi) is 3.14. The second kappa shape index (κ2) is 4.94. The van der Waals surface area contributed by atoms with Crippen molar-refractivity contribution >= 4 is 5.82 Å². The van der Waals surface area contributed by atoms with Crippen LogP contribution in [0.4, 0.5) is 5.82 Å². The summed E-state index contributed by atoms with van der Waals surface area (Å²) >= 11 is 0. The maximum atomic E-state index is 9.43. The molecule has 4 nitrogen and oxygen atoms in total. The van der Waals surface area contributed by atoms with E-state index in [0.717, 1.165) is 35.6 Å². The number of nitrogens with one attached hydrogen (secondary N) is 1. The monoisotopic (exact) mass is 296 g/mol. The number of hydrogen-bond acceptors (Lipinski definition) is 4. The van der Waals surface area contributed by atoms with Crippen molar-refractivity contribution in [2.24, 2.45) is 23.2 Å². The van der Waals surface area contributed by atoms with Gasteiger partial charge in [-0.3, -0.25) is 0 Å². The summed E-state index contributed by atoms with van der Waals surface area (Å²) in [5.74, 6) is 3.54. The van der Waals surface area contributed by atoms with Crippen LogP contribution >= 0.6 is 0 Å². The molecule has 4 fully saturated rings. The fraction of sp³-hybridized carbons (Fsp3) is 0.722. The van der Waals surface area contributed by atoms with Gasteiger partial charge < -0.3 is 5.32 Å². The van der Waals surface area contributed by atoms with E-state index < -0.39 is 0 Å². The second-order valence-electron chi connectivity index (χ2n) is 8.02. The Morgan fingerprint density at radius 1 is 1.09 bits per heavy atom. The van der Waals surface area contributed by atoms with Crippen LogP contribution in [0.3, 0.4) is 0 Å². The molecule has 22 heavy (non-hydrogen) atoms. The van der Waals surface area contributed by atoms with E-state index in [2.05, 4.69) is 21.6 Å². The molecule has 0 spiro atoms. The first kappa shape index (κ1) is 14.0. The highest BCUT2D eigenvalue weighted by atomic mass is 15.2. The molecule has 4 aliphatic rings. The Balaban J connectivity index is 1.54. The number of nitrogens with zero attached hydrogens (tertiary/aromatic N) is 3. The zero-order valence-electron chi connectivity index (χ0n) is 13.5. The minimum Gasteiger partial charge on any atom is -0.367 e. The molecule has 4 aliphatic carbocycles. The lowest BCUT2D eigenvalue weighted by molar-refractivity contribution is -0.0444. The first-order valence-corrected chi connectivity index (χ1v) is 8.56. The Morgan fingerprint density at radius 3 is 2.23 bits per heavy atom. The van der Waals surface area contributed by atoms with E-state index in [1.54, 1.807) is 0 Å². The zero-order valence-corrected chi connectivity index (χ0v) is 13.5. The molecule has 0 aliphatic heterocycles. The molecule has 0 aromatic carbocycles. The van der Waals surface area contributed by atoms with Gasteiger partial charge in [-0.2, -0.15) is 10.4 Å². The number of anilines is 1. The van der Waals surface area contributed by atoms with Gasteiger partial charge in [0, 0.05) is 6.54 Å². The molecule has 4 saturated carbocycles. The normalized spacial score (nSPS) is 35.4. The minimum atomic E-state index is 0.446. The van der Waals surface area contributed by atoms with E-state index in [0.29, 0.717) is 16.8 Å². The quantitative estimate of drug-likeness (QED) is 0.926. The number of hydrogen-bond donors (Lipinski definition) is 1. The van der Waals surface area contributed by atoms with Crippen molar-refractivity contribution in [3.63, 3.8) is 0 Å². The van der Waals surface area contributed by atoms with Gasteiger partial charge in [-0.25, -0.2) is 0 Å². The third kappa shape index (κ3) is 2.18. The fourth-order valence-corrected chi connectivity index (χ4v) is 5.65. The van der Waals surface area contributed by atoms with Gasteiger partial charge in [-0.1, -0.05) is 0 Å². The first-order chi connectivity index (χ1) is 10.6. The van der Waals surface area contributed by atoms with Gasteiger partial charge in [0.25, 0.3) is 0 Å². The lowest BCUT2D eigenvalue weighted by Gasteiger charge is -2.57. The van der Waals surface area contributed by atoms with Crippen LogP contribution in [0.2, 0.25) is 0 Å². The summed E-state index contributed by atoms with van der Waals surface area (Å²) in [4.78, 5) is 0. The van der Waals surface area contributed by atoms with Crippen LogP contribution in [-0.4, -0.2) is 16.7 Å². The maximum Gasteiger partial charge on any atom is 0.166 e. The van der Waals surface area contributed by atoms with Crippen LogP contribution in [-0.2, 0) is 0 Å². The Hall–Kier alpha value is -1.63. The predicted molar refractivity (Wildman–Crippen MR) is 85.3 cm³/mol. The minimum absolute atomic E-state index is 0.446. The maximum absolute atomic E-state index is 9.43. The van der Waals surface area contributed by atoms with Crippen LogP contribution in [0, 0.1) is 48.3 Å². The number of aromatic nitrogens is 2. The molecule has 1 aromatic heterocycles. The third-order valence-corrected chi connectivity index (χ3v) is 6.36. The SMILES string of the molecule is Cc1nnc(NCC23CC4CC(CC(C4)C2)C3)c(C#N)c1C. The molecule has 1 N–H and O–H groups in total. The number of nitriles is 1. The summed E-state index contributed by atoms with van der Waals surface area (Å²) in [6, 6.07) is 2.30. The van der Waals surface area contributed by atoms with Gasteiger partial charge in [0.05, 0.1) is 5.69 Å².